The van der Waals surface area contributed by atoms with Crippen molar-refractivity contribution in [3.8, 4) is 0 Å². The highest BCUT2D eigenvalue weighted by molar-refractivity contribution is 6.04. The van der Waals surface area contributed by atoms with Crippen LogP contribution in [0.3, 0.4) is 0 Å². The normalized spacial score (nSPS) is 10.6. The molecule has 0 spiro atoms. The van der Waals surface area contributed by atoms with Gasteiger partial charge in [-0.05, 0) is 45.7 Å². The Bertz CT molecular complexity index is 672. The van der Waals surface area contributed by atoms with E-state index >= 15 is 0 Å². The first-order chi connectivity index (χ1) is 10.4. The fourth-order valence-electron chi connectivity index (χ4n) is 2.41. The molecule has 0 aliphatic carbocycles. The first-order valence-electron chi connectivity index (χ1n) is 7.34. The van der Waals surface area contributed by atoms with Crippen LogP contribution in [0.4, 0.5) is 11.5 Å². The van der Waals surface area contributed by atoms with Gasteiger partial charge in [0.1, 0.15) is 17.8 Å². The Hall–Kier alpha value is -2.43. The quantitative estimate of drug-likeness (QED) is 0.907. The van der Waals surface area contributed by atoms with E-state index in [4.69, 9.17) is 0 Å². The summed E-state index contributed by atoms with van der Waals surface area (Å²) in [6.45, 7) is 10.0. The Balaban J connectivity index is 2.23. The van der Waals surface area contributed by atoms with Gasteiger partial charge in [0.15, 0.2) is 0 Å². The summed E-state index contributed by atoms with van der Waals surface area (Å²) >= 11 is 0. The number of amides is 1. The highest BCUT2D eigenvalue weighted by Gasteiger charge is 2.12. The number of nitrogens with one attached hydrogen (secondary N) is 2. The molecule has 0 bridgehead atoms. The maximum atomic E-state index is 12.4. The molecule has 2 rings (SSSR count). The number of rotatable bonds is 4. The van der Waals surface area contributed by atoms with Crippen molar-refractivity contribution in [1.29, 1.82) is 0 Å². The van der Waals surface area contributed by atoms with Crippen LogP contribution in [0.2, 0.25) is 0 Å². The van der Waals surface area contributed by atoms with Gasteiger partial charge in [-0.3, -0.25) is 4.79 Å². The van der Waals surface area contributed by atoms with Gasteiger partial charge >= 0.3 is 0 Å². The second kappa shape index (κ2) is 6.56. The van der Waals surface area contributed by atoms with Crippen LogP contribution in [-0.4, -0.2) is 21.9 Å². The molecule has 2 N–H and O–H groups in total. The van der Waals surface area contributed by atoms with Gasteiger partial charge in [0, 0.05) is 17.8 Å². The molecule has 0 atom stereocenters. The van der Waals surface area contributed by atoms with Crippen molar-refractivity contribution in [1.82, 2.24) is 9.97 Å². The van der Waals surface area contributed by atoms with Crippen molar-refractivity contribution in [3.63, 3.8) is 0 Å². The molecule has 0 aliphatic heterocycles. The maximum Gasteiger partial charge on any atom is 0.274 e. The smallest absolute Gasteiger partial charge is 0.274 e. The van der Waals surface area contributed by atoms with Gasteiger partial charge in [0.25, 0.3) is 5.91 Å². The maximum absolute atomic E-state index is 12.4. The van der Waals surface area contributed by atoms with Gasteiger partial charge in [-0.2, -0.15) is 0 Å². The summed E-state index contributed by atoms with van der Waals surface area (Å²) in [5.74, 6) is 0.414. The first-order valence-corrected chi connectivity index (χ1v) is 7.34. The molecule has 0 aliphatic rings. The van der Waals surface area contributed by atoms with Crippen molar-refractivity contribution in [2.24, 2.45) is 0 Å². The van der Waals surface area contributed by atoms with Gasteiger partial charge in [0.05, 0.1) is 0 Å². The lowest BCUT2D eigenvalue weighted by Gasteiger charge is -2.13. The van der Waals surface area contributed by atoms with E-state index < -0.39 is 0 Å². The summed E-state index contributed by atoms with van der Waals surface area (Å²) < 4.78 is 0. The summed E-state index contributed by atoms with van der Waals surface area (Å²) in [4.78, 5) is 20.6. The lowest BCUT2D eigenvalue weighted by Crippen LogP contribution is -2.17. The standard InChI is InChI=1S/C17H22N4O/c1-10(2)20-15-8-14(18-9-19-15)17(22)21-16-12(4)6-11(3)7-13(16)5/h6-10H,1-5H3,(H,21,22)(H,18,19,20). The lowest BCUT2D eigenvalue weighted by molar-refractivity contribution is 0.102. The molecule has 1 aromatic carbocycles. The second-order valence-electron chi connectivity index (χ2n) is 5.82. The van der Waals surface area contributed by atoms with Crippen molar-refractivity contribution in [2.75, 3.05) is 10.6 Å². The van der Waals surface area contributed by atoms with Gasteiger partial charge < -0.3 is 10.6 Å². The molecule has 0 unspecified atom stereocenters. The number of benzene rings is 1. The van der Waals surface area contributed by atoms with Crippen LogP contribution in [0.15, 0.2) is 24.5 Å². The number of anilines is 2. The summed E-state index contributed by atoms with van der Waals surface area (Å²) in [5, 5.41) is 6.11. The number of nitrogens with zero attached hydrogens (tertiary/aromatic N) is 2. The third-order valence-electron chi connectivity index (χ3n) is 3.25. The van der Waals surface area contributed by atoms with E-state index in [9.17, 15) is 4.79 Å². The molecular weight excluding hydrogens is 276 g/mol. The van der Waals surface area contributed by atoms with E-state index in [0.29, 0.717) is 11.5 Å². The molecule has 0 fully saturated rings. The van der Waals surface area contributed by atoms with Crippen LogP contribution in [0, 0.1) is 20.8 Å². The number of hydrogen-bond donors (Lipinski definition) is 2. The van der Waals surface area contributed by atoms with Crippen LogP contribution in [0.5, 0.6) is 0 Å². The number of carbonyl (C=O) groups excluding carboxylic acids is 1. The highest BCUT2D eigenvalue weighted by Crippen LogP contribution is 2.22. The molecule has 1 amide bonds. The van der Waals surface area contributed by atoms with E-state index in [1.54, 1.807) is 6.07 Å². The zero-order chi connectivity index (χ0) is 16.3. The molecule has 5 nitrogen and oxygen atoms in total. The minimum atomic E-state index is -0.232. The highest BCUT2D eigenvalue weighted by atomic mass is 16.1. The largest absolute Gasteiger partial charge is 0.368 e. The van der Waals surface area contributed by atoms with Crippen molar-refractivity contribution in [2.45, 2.75) is 40.7 Å². The SMILES string of the molecule is Cc1cc(C)c(NC(=O)c2cc(NC(C)C)ncn2)c(C)c1. The second-order valence-corrected chi connectivity index (χ2v) is 5.82. The Morgan fingerprint density at radius 3 is 2.27 bits per heavy atom. The molecule has 1 aromatic heterocycles. The fourth-order valence-corrected chi connectivity index (χ4v) is 2.41. The van der Waals surface area contributed by atoms with Crippen molar-refractivity contribution in [3.05, 3.63) is 46.9 Å². The van der Waals surface area contributed by atoms with E-state index in [0.717, 1.165) is 16.8 Å². The first kappa shape index (κ1) is 15.9. The van der Waals surface area contributed by atoms with Crippen LogP contribution >= 0.6 is 0 Å². The van der Waals surface area contributed by atoms with E-state index in [1.807, 2.05) is 46.8 Å². The molecule has 2 aromatic rings. The third kappa shape index (κ3) is 3.81. The van der Waals surface area contributed by atoms with Crippen LogP contribution in [-0.2, 0) is 0 Å². The zero-order valence-corrected chi connectivity index (χ0v) is 13.7. The van der Waals surface area contributed by atoms with Crippen molar-refractivity contribution < 1.29 is 4.79 Å². The predicted molar refractivity (Wildman–Crippen MR) is 89.4 cm³/mol. The molecule has 0 saturated carbocycles. The average Bonchev–Trinajstić information content (AvgIpc) is 2.42. The molecule has 0 saturated heterocycles. The van der Waals surface area contributed by atoms with Gasteiger partial charge in [-0.25, -0.2) is 9.97 Å². The van der Waals surface area contributed by atoms with Gasteiger partial charge in [0.2, 0.25) is 0 Å². The molecule has 1 heterocycles. The van der Waals surface area contributed by atoms with E-state index in [-0.39, 0.29) is 11.9 Å². The molecule has 116 valence electrons. The lowest BCUT2D eigenvalue weighted by atomic mass is 10.0. The predicted octanol–water partition coefficient (Wildman–Crippen LogP) is 3.47. The molecule has 22 heavy (non-hydrogen) atoms. The summed E-state index contributed by atoms with van der Waals surface area (Å²) in [6, 6.07) is 6.00. The Kier molecular flexibility index (Phi) is 4.75. The van der Waals surface area contributed by atoms with Gasteiger partial charge in [-0.15, -0.1) is 0 Å². The Labute approximate surface area is 131 Å². The van der Waals surface area contributed by atoms with E-state index in [2.05, 4.69) is 20.6 Å². The minimum Gasteiger partial charge on any atom is -0.368 e. The number of carbonyl (C=O) groups is 1. The average molecular weight is 298 g/mol. The minimum absolute atomic E-state index is 0.232. The Morgan fingerprint density at radius 1 is 1.05 bits per heavy atom. The van der Waals surface area contributed by atoms with Crippen LogP contribution in [0.25, 0.3) is 0 Å². The summed E-state index contributed by atoms with van der Waals surface area (Å²) in [6.07, 6.45) is 1.40. The summed E-state index contributed by atoms with van der Waals surface area (Å²) in [5.41, 5.74) is 4.45. The monoisotopic (exact) mass is 298 g/mol. The van der Waals surface area contributed by atoms with Gasteiger partial charge in [-0.1, -0.05) is 17.7 Å². The Morgan fingerprint density at radius 2 is 1.68 bits per heavy atom. The molecule has 0 radical (unpaired) electrons. The van der Waals surface area contributed by atoms with Crippen LogP contribution < -0.4 is 10.6 Å². The van der Waals surface area contributed by atoms with E-state index in [1.165, 1.54) is 11.9 Å². The van der Waals surface area contributed by atoms with Crippen LogP contribution in [0.1, 0.15) is 41.0 Å². The molecule has 5 heteroatoms. The molecular formula is C17H22N4O. The van der Waals surface area contributed by atoms with Crippen molar-refractivity contribution >= 4 is 17.4 Å². The third-order valence-corrected chi connectivity index (χ3v) is 3.25. The number of aryl methyl sites for hydroxylation is 3. The topological polar surface area (TPSA) is 66.9 Å². The zero-order valence-electron chi connectivity index (χ0n) is 13.7. The number of hydrogen-bond acceptors (Lipinski definition) is 4. The fraction of sp³-hybridized carbons (Fsp3) is 0.353. The number of aromatic nitrogens is 2. The summed E-state index contributed by atoms with van der Waals surface area (Å²) in [7, 11) is 0.